The first-order valence-electron chi connectivity index (χ1n) is 4.11. The largest absolute Gasteiger partial charge is 0.300 e. The van der Waals surface area contributed by atoms with E-state index in [1.807, 2.05) is 0 Å². The van der Waals surface area contributed by atoms with Crippen LogP contribution in [0.5, 0.6) is 0 Å². The van der Waals surface area contributed by atoms with Crippen LogP contribution in [0.1, 0.15) is 33.1 Å². The SMILES string of the molecule is CC(C)([C@H]1CCC(=O)C1)[N+](=O)[O-]. The summed E-state index contributed by atoms with van der Waals surface area (Å²) in [5, 5.41) is 10.6. The highest BCUT2D eigenvalue weighted by Gasteiger charge is 2.44. The van der Waals surface area contributed by atoms with E-state index in [-0.39, 0.29) is 16.6 Å². The number of ketones is 1. The molecular weight excluding hydrogens is 158 g/mol. The molecule has 1 aliphatic carbocycles. The highest BCUT2D eigenvalue weighted by atomic mass is 16.6. The Morgan fingerprint density at radius 3 is 2.50 bits per heavy atom. The Kier molecular flexibility index (Phi) is 2.17. The predicted molar refractivity (Wildman–Crippen MR) is 43.4 cm³/mol. The Morgan fingerprint density at radius 2 is 2.17 bits per heavy atom. The van der Waals surface area contributed by atoms with Crippen LogP contribution < -0.4 is 0 Å². The molecule has 0 aromatic carbocycles. The topological polar surface area (TPSA) is 60.2 Å². The first kappa shape index (κ1) is 9.16. The molecule has 0 unspecified atom stereocenters. The fourth-order valence-electron chi connectivity index (χ4n) is 1.57. The molecule has 0 aromatic heterocycles. The third-order valence-electron chi connectivity index (χ3n) is 2.72. The van der Waals surface area contributed by atoms with Gasteiger partial charge in [0.2, 0.25) is 5.54 Å². The van der Waals surface area contributed by atoms with Gasteiger partial charge in [-0.1, -0.05) is 0 Å². The van der Waals surface area contributed by atoms with Gasteiger partial charge in [0, 0.05) is 37.5 Å². The average molecular weight is 171 g/mol. The maximum atomic E-state index is 10.9. The standard InChI is InChI=1S/C8H13NO3/c1-8(2,9(11)12)6-3-4-7(10)5-6/h6H,3-5H2,1-2H3/t6-/m0/s1. The summed E-state index contributed by atoms with van der Waals surface area (Å²) in [6.45, 7) is 3.19. The van der Waals surface area contributed by atoms with Gasteiger partial charge in [-0.05, 0) is 6.42 Å². The highest BCUT2D eigenvalue weighted by Crippen LogP contribution is 2.33. The van der Waals surface area contributed by atoms with Gasteiger partial charge in [-0.25, -0.2) is 0 Å². The molecule has 0 heterocycles. The van der Waals surface area contributed by atoms with E-state index in [4.69, 9.17) is 0 Å². The van der Waals surface area contributed by atoms with Crippen LogP contribution in [-0.4, -0.2) is 16.2 Å². The Morgan fingerprint density at radius 1 is 1.58 bits per heavy atom. The lowest BCUT2D eigenvalue weighted by atomic mass is 9.87. The number of carbonyl (C=O) groups excluding carboxylic acids is 1. The molecule has 0 amide bonds. The summed E-state index contributed by atoms with van der Waals surface area (Å²) in [6, 6.07) is 0. The Hall–Kier alpha value is -0.930. The molecule has 0 radical (unpaired) electrons. The minimum atomic E-state index is -0.938. The number of carbonyl (C=O) groups is 1. The third-order valence-corrected chi connectivity index (χ3v) is 2.72. The first-order chi connectivity index (χ1) is 5.44. The van der Waals surface area contributed by atoms with Crippen molar-refractivity contribution >= 4 is 5.78 Å². The fraction of sp³-hybridized carbons (Fsp3) is 0.875. The molecule has 4 nitrogen and oxygen atoms in total. The molecule has 0 aliphatic heterocycles. The average Bonchev–Trinajstić information content (AvgIpc) is 2.35. The zero-order valence-electron chi connectivity index (χ0n) is 7.37. The molecule has 12 heavy (non-hydrogen) atoms. The van der Waals surface area contributed by atoms with Crippen molar-refractivity contribution < 1.29 is 9.72 Å². The van der Waals surface area contributed by atoms with E-state index in [9.17, 15) is 14.9 Å². The quantitative estimate of drug-likeness (QED) is 0.466. The Balaban J connectivity index is 2.70. The second-order valence-corrected chi connectivity index (χ2v) is 3.89. The maximum absolute atomic E-state index is 10.9. The lowest BCUT2D eigenvalue weighted by Crippen LogP contribution is -2.38. The monoisotopic (exact) mass is 171 g/mol. The zero-order valence-corrected chi connectivity index (χ0v) is 7.37. The number of hydrogen-bond donors (Lipinski definition) is 0. The van der Waals surface area contributed by atoms with E-state index < -0.39 is 5.54 Å². The lowest BCUT2D eigenvalue weighted by Gasteiger charge is -2.21. The molecule has 4 heteroatoms. The van der Waals surface area contributed by atoms with Crippen molar-refractivity contribution in [1.29, 1.82) is 0 Å². The molecule has 0 N–H and O–H groups in total. The smallest absolute Gasteiger partial charge is 0.220 e. The van der Waals surface area contributed by atoms with E-state index >= 15 is 0 Å². The molecule has 0 bridgehead atoms. The summed E-state index contributed by atoms with van der Waals surface area (Å²) in [6.07, 6.45) is 1.57. The van der Waals surface area contributed by atoms with Gasteiger partial charge in [0.05, 0.1) is 0 Å². The second-order valence-electron chi connectivity index (χ2n) is 3.89. The van der Waals surface area contributed by atoms with Gasteiger partial charge < -0.3 is 0 Å². The van der Waals surface area contributed by atoms with Crippen molar-refractivity contribution in [2.75, 3.05) is 0 Å². The van der Waals surface area contributed by atoms with Crippen LogP contribution in [0.25, 0.3) is 0 Å². The molecule has 68 valence electrons. The van der Waals surface area contributed by atoms with E-state index in [1.54, 1.807) is 13.8 Å². The Bertz CT molecular complexity index is 222. The normalized spacial score (nSPS) is 24.5. The van der Waals surface area contributed by atoms with Gasteiger partial charge in [-0.2, -0.15) is 0 Å². The van der Waals surface area contributed by atoms with Gasteiger partial charge in [-0.15, -0.1) is 0 Å². The van der Waals surface area contributed by atoms with E-state index in [0.29, 0.717) is 19.3 Å². The zero-order chi connectivity index (χ0) is 9.35. The number of rotatable bonds is 2. The van der Waals surface area contributed by atoms with Crippen LogP contribution >= 0.6 is 0 Å². The second kappa shape index (κ2) is 2.84. The number of nitrogens with zero attached hydrogens (tertiary/aromatic N) is 1. The summed E-state index contributed by atoms with van der Waals surface area (Å²) < 4.78 is 0. The molecule has 1 fully saturated rings. The number of Topliss-reactive ketones (excluding diaryl/α,β-unsaturated/α-hetero) is 1. The molecule has 0 aromatic rings. The fourth-order valence-corrected chi connectivity index (χ4v) is 1.57. The molecule has 1 atom stereocenters. The van der Waals surface area contributed by atoms with Gasteiger partial charge in [0.1, 0.15) is 5.78 Å². The van der Waals surface area contributed by atoms with Crippen molar-refractivity contribution in [2.24, 2.45) is 5.92 Å². The summed E-state index contributed by atoms with van der Waals surface area (Å²) in [5.74, 6) is 0.0925. The van der Waals surface area contributed by atoms with Crippen LogP contribution in [-0.2, 0) is 4.79 Å². The van der Waals surface area contributed by atoms with E-state index in [2.05, 4.69) is 0 Å². The summed E-state index contributed by atoms with van der Waals surface area (Å²) >= 11 is 0. The molecule has 0 saturated heterocycles. The van der Waals surface area contributed by atoms with E-state index in [0.717, 1.165) is 0 Å². The van der Waals surface area contributed by atoms with Crippen LogP contribution in [0, 0.1) is 16.0 Å². The van der Waals surface area contributed by atoms with Crippen molar-refractivity contribution in [3.8, 4) is 0 Å². The summed E-state index contributed by atoms with van der Waals surface area (Å²) in [5.41, 5.74) is -0.938. The lowest BCUT2D eigenvalue weighted by molar-refractivity contribution is -0.571. The van der Waals surface area contributed by atoms with Crippen molar-refractivity contribution in [3.63, 3.8) is 0 Å². The number of nitro groups is 1. The minimum Gasteiger partial charge on any atom is -0.300 e. The molecular formula is C8H13NO3. The van der Waals surface area contributed by atoms with Gasteiger partial charge in [0.15, 0.2) is 0 Å². The maximum Gasteiger partial charge on any atom is 0.220 e. The van der Waals surface area contributed by atoms with Crippen LogP contribution in [0.4, 0.5) is 0 Å². The van der Waals surface area contributed by atoms with Crippen LogP contribution in [0.15, 0.2) is 0 Å². The van der Waals surface area contributed by atoms with Crippen molar-refractivity contribution in [2.45, 2.75) is 38.6 Å². The van der Waals surface area contributed by atoms with Crippen LogP contribution in [0.2, 0.25) is 0 Å². The van der Waals surface area contributed by atoms with Crippen molar-refractivity contribution in [3.05, 3.63) is 10.1 Å². The van der Waals surface area contributed by atoms with Crippen LogP contribution in [0.3, 0.4) is 0 Å². The highest BCUT2D eigenvalue weighted by molar-refractivity contribution is 5.80. The molecule has 1 rings (SSSR count). The van der Waals surface area contributed by atoms with Gasteiger partial charge >= 0.3 is 0 Å². The summed E-state index contributed by atoms with van der Waals surface area (Å²) in [7, 11) is 0. The predicted octanol–water partition coefficient (Wildman–Crippen LogP) is 1.41. The number of hydrogen-bond acceptors (Lipinski definition) is 3. The van der Waals surface area contributed by atoms with Gasteiger partial charge in [0.25, 0.3) is 0 Å². The molecule has 0 spiro atoms. The molecule has 1 saturated carbocycles. The summed E-state index contributed by atoms with van der Waals surface area (Å²) in [4.78, 5) is 21.2. The van der Waals surface area contributed by atoms with Gasteiger partial charge in [-0.3, -0.25) is 14.9 Å². The minimum absolute atomic E-state index is 0.0694. The van der Waals surface area contributed by atoms with E-state index in [1.165, 1.54) is 0 Å². The van der Waals surface area contributed by atoms with Crippen molar-refractivity contribution in [1.82, 2.24) is 0 Å². The molecule has 1 aliphatic rings. The Labute approximate surface area is 71.1 Å². The third kappa shape index (κ3) is 1.47. The first-order valence-corrected chi connectivity index (χ1v) is 4.11.